The first-order valence-electron chi connectivity index (χ1n) is 4.46. The third-order valence-corrected chi connectivity index (χ3v) is 3.33. The Balaban J connectivity index is 2.35. The van der Waals surface area contributed by atoms with Crippen molar-refractivity contribution in [2.45, 2.75) is 0 Å². The summed E-state index contributed by atoms with van der Waals surface area (Å²) in [6, 6.07) is 1.65. The minimum absolute atomic E-state index is 0.163. The van der Waals surface area contributed by atoms with Crippen molar-refractivity contribution in [3.8, 4) is 0 Å². The number of carbonyl (C=O) groups excluding carboxylic acids is 1. The Morgan fingerprint density at radius 2 is 2.19 bits per heavy atom. The summed E-state index contributed by atoms with van der Waals surface area (Å²) < 4.78 is 23.7. The quantitative estimate of drug-likeness (QED) is 0.630. The molecule has 0 fully saturated rings. The molecular formula is C8H13N3O3S2. The van der Waals surface area contributed by atoms with E-state index in [1.165, 1.54) is 11.3 Å². The number of nitrogens with one attached hydrogen (secondary N) is 2. The van der Waals surface area contributed by atoms with Crippen molar-refractivity contribution >= 4 is 33.0 Å². The van der Waals surface area contributed by atoms with Crippen molar-refractivity contribution in [3.63, 3.8) is 0 Å². The van der Waals surface area contributed by atoms with Crippen LogP contribution in [-0.4, -0.2) is 33.7 Å². The summed E-state index contributed by atoms with van der Waals surface area (Å²) in [5.74, 6) is -0.289. The lowest BCUT2D eigenvalue weighted by atomic mass is 10.4. The Kier molecular flexibility index (Phi) is 4.27. The average molecular weight is 263 g/mol. The molecule has 0 aromatic carbocycles. The van der Waals surface area contributed by atoms with Gasteiger partial charge in [0, 0.05) is 13.1 Å². The number of carbonyl (C=O) groups is 1. The van der Waals surface area contributed by atoms with E-state index in [9.17, 15) is 13.2 Å². The van der Waals surface area contributed by atoms with Crippen molar-refractivity contribution < 1.29 is 13.2 Å². The maximum Gasteiger partial charge on any atom is 0.263 e. The molecule has 0 saturated heterocycles. The lowest BCUT2D eigenvalue weighted by molar-refractivity contribution is 0.0959. The molecule has 1 amide bonds. The van der Waals surface area contributed by atoms with Crippen LogP contribution in [0.25, 0.3) is 0 Å². The molecule has 90 valence electrons. The number of thiophene rings is 1. The Morgan fingerprint density at radius 1 is 1.50 bits per heavy atom. The third-order valence-electron chi connectivity index (χ3n) is 1.68. The van der Waals surface area contributed by atoms with Gasteiger partial charge in [-0.1, -0.05) is 0 Å². The lowest BCUT2D eigenvalue weighted by Gasteiger charge is -2.04. The largest absolute Gasteiger partial charge is 0.397 e. The van der Waals surface area contributed by atoms with Crippen LogP contribution in [0.4, 0.5) is 5.69 Å². The molecule has 1 aromatic heterocycles. The highest BCUT2D eigenvalue weighted by molar-refractivity contribution is 7.88. The number of nitrogens with two attached hydrogens (primary N) is 1. The van der Waals surface area contributed by atoms with Crippen molar-refractivity contribution in [2.75, 3.05) is 25.1 Å². The minimum atomic E-state index is -3.21. The predicted octanol–water partition coefficient (Wildman–Crippen LogP) is -0.391. The minimum Gasteiger partial charge on any atom is -0.397 e. The van der Waals surface area contributed by atoms with Gasteiger partial charge in [0.05, 0.1) is 11.9 Å². The molecular weight excluding hydrogens is 250 g/mol. The van der Waals surface area contributed by atoms with Gasteiger partial charge in [-0.15, -0.1) is 11.3 Å². The molecule has 0 aliphatic carbocycles. The van der Waals surface area contributed by atoms with Crippen LogP contribution < -0.4 is 15.8 Å². The van der Waals surface area contributed by atoms with E-state index in [0.29, 0.717) is 10.6 Å². The average Bonchev–Trinajstić information content (AvgIpc) is 2.57. The van der Waals surface area contributed by atoms with Gasteiger partial charge in [-0.05, 0) is 11.4 Å². The summed E-state index contributed by atoms with van der Waals surface area (Å²) in [5.41, 5.74) is 5.98. The summed E-state index contributed by atoms with van der Waals surface area (Å²) in [7, 11) is -3.21. The molecule has 8 heteroatoms. The van der Waals surface area contributed by atoms with Gasteiger partial charge in [0.15, 0.2) is 0 Å². The normalized spacial score (nSPS) is 11.3. The molecule has 1 rings (SSSR count). The van der Waals surface area contributed by atoms with Crippen LogP contribution in [0.5, 0.6) is 0 Å². The highest BCUT2D eigenvalue weighted by Gasteiger charge is 2.10. The number of hydrogen-bond acceptors (Lipinski definition) is 5. The molecule has 0 unspecified atom stereocenters. The Bertz CT molecular complexity index is 467. The zero-order valence-corrected chi connectivity index (χ0v) is 10.3. The maximum atomic E-state index is 11.5. The number of amides is 1. The molecule has 0 aliphatic rings. The molecule has 6 nitrogen and oxygen atoms in total. The van der Waals surface area contributed by atoms with Crippen LogP contribution in [0.2, 0.25) is 0 Å². The summed E-state index contributed by atoms with van der Waals surface area (Å²) in [5, 5.41) is 4.28. The fourth-order valence-electron chi connectivity index (χ4n) is 0.996. The second-order valence-electron chi connectivity index (χ2n) is 3.13. The van der Waals surface area contributed by atoms with Crippen LogP contribution >= 0.6 is 11.3 Å². The van der Waals surface area contributed by atoms with Crippen LogP contribution in [0.15, 0.2) is 11.4 Å². The van der Waals surface area contributed by atoms with E-state index in [4.69, 9.17) is 5.73 Å². The maximum absolute atomic E-state index is 11.5. The third kappa shape index (κ3) is 4.17. The van der Waals surface area contributed by atoms with Crippen LogP contribution in [-0.2, 0) is 10.0 Å². The van der Waals surface area contributed by atoms with E-state index in [0.717, 1.165) is 6.26 Å². The van der Waals surface area contributed by atoms with Gasteiger partial charge in [0.25, 0.3) is 5.91 Å². The van der Waals surface area contributed by atoms with E-state index in [1.54, 1.807) is 11.4 Å². The Labute approximate surface area is 97.9 Å². The van der Waals surface area contributed by atoms with E-state index >= 15 is 0 Å². The number of sulfonamides is 1. The predicted molar refractivity (Wildman–Crippen MR) is 63.9 cm³/mol. The summed E-state index contributed by atoms with van der Waals surface area (Å²) >= 11 is 1.25. The molecule has 1 heterocycles. The summed E-state index contributed by atoms with van der Waals surface area (Å²) in [6.07, 6.45) is 1.06. The van der Waals surface area contributed by atoms with E-state index in [1.807, 2.05) is 0 Å². The number of anilines is 1. The van der Waals surface area contributed by atoms with Crippen LogP contribution in [0, 0.1) is 0 Å². The molecule has 0 radical (unpaired) electrons. The van der Waals surface area contributed by atoms with Crippen LogP contribution in [0.3, 0.4) is 0 Å². The second kappa shape index (κ2) is 5.28. The first kappa shape index (κ1) is 12.9. The Morgan fingerprint density at radius 3 is 2.69 bits per heavy atom. The monoisotopic (exact) mass is 263 g/mol. The van der Waals surface area contributed by atoms with Gasteiger partial charge < -0.3 is 11.1 Å². The van der Waals surface area contributed by atoms with Gasteiger partial charge in [0.2, 0.25) is 10.0 Å². The first-order valence-corrected chi connectivity index (χ1v) is 7.23. The summed E-state index contributed by atoms with van der Waals surface area (Å²) in [6.45, 7) is 0.388. The topological polar surface area (TPSA) is 101 Å². The smallest absolute Gasteiger partial charge is 0.263 e. The zero-order chi connectivity index (χ0) is 12.2. The van der Waals surface area contributed by atoms with Gasteiger partial charge in [-0.25, -0.2) is 13.1 Å². The summed E-state index contributed by atoms with van der Waals surface area (Å²) in [4.78, 5) is 11.9. The fourth-order valence-corrected chi connectivity index (χ4v) is 2.20. The number of rotatable bonds is 5. The van der Waals surface area contributed by atoms with Gasteiger partial charge in [0.1, 0.15) is 4.88 Å². The lowest BCUT2D eigenvalue weighted by Crippen LogP contribution is -2.34. The van der Waals surface area contributed by atoms with Crippen molar-refractivity contribution in [2.24, 2.45) is 0 Å². The SMILES string of the molecule is CS(=O)(=O)NCCNC(=O)c1sccc1N. The molecule has 16 heavy (non-hydrogen) atoms. The highest BCUT2D eigenvalue weighted by Crippen LogP contribution is 2.17. The Hall–Kier alpha value is -1.12. The second-order valence-corrected chi connectivity index (χ2v) is 5.88. The molecule has 0 bridgehead atoms. The zero-order valence-electron chi connectivity index (χ0n) is 8.69. The molecule has 0 spiro atoms. The molecule has 0 atom stereocenters. The molecule has 0 aliphatic heterocycles. The number of hydrogen-bond donors (Lipinski definition) is 3. The van der Waals surface area contributed by atoms with Crippen LogP contribution in [0.1, 0.15) is 9.67 Å². The molecule has 1 aromatic rings. The van der Waals surface area contributed by atoms with Gasteiger partial charge in [-0.3, -0.25) is 4.79 Å². The van der Waals surface area contributed by atoms with Gasteiger partial charge >= 0.3 is 0 Å². The van der Waals surface area contributed by atoms with Crippen molar-refractivity contribution in [1.29, 1.82) is 0 Å². The van der Waals surface area contributed by atoms with Gasteiger partial charge in [-0.2, -0.15) is 0 Å². The number of nitrogen functional groups attached to an aromatic ring is 1. The molecule has 4 N–H and O–H groups in total. The highest BCUT2D eigenvalue weighted by atomic mass is 32.2. The van der Waals surface area contributed by atoms with Crippen molar-refractivity contribution in [3.05, 3.63) is 16.3 Å². The fraction of sp³-hybridized carbons (Fsp3) is 0.375. The van der Waals surface area contributed by atoms with E-state index in [2.05, 4.69) is 10.0 Å². The molecule has 0 saturated carbocycles. The first-order chi connectivity index (χ1) is 7.40. The van der Waals surface area contributed by atoms with Crippen molar-refractivity contribution in [1.82, 2.24) is 10.0 Å². The van der Waals surface area contributed by atoms with E-state index in [-0.39, 0.29) is 19.0 Å². The standard InChI is InChI=1S/C8H13N3O3S2/c1-16(13,14)11-4-3-10-8(12)7-6(9)2-5-15-7/h2,5,11H,3-4,9H2,1H3,(H,10,12). The van der Waals surface area contributed by atoms with E-state index < -0.39 is 10.0 Å².